The van der Waals surface area contributed by atoms with Crippen LogP contribution in [0.15, 0.2) is 77.7 Å². The summed E-state index contributed by atoms with van der Waals surface area (Å²) in [5.41, 5.74) is 0.554. The Morgan fingerprint density at radius 3 is 2.31 bits per heavy atom. The monoisotopic (exact) mass is 466 g/mol. The molecule has 0 heterocycles. The minimum Gasteiger partial charge on any atom is -0.309 e. The third-order valence-electron chi connectivity index (χ3n) is 4.84. The van der Waals surface area contributed by atoms with E-state index in [1.165, 1.54) is 6.07 Å². The minimum atomic E-state index is -4.65. The van der Waals surface area contributed by atoms with Crippen molar-refractivity contribution in [2.24, 2.45) is 0 Å². The van der Waals surface area contributed by atoms with E-state index in [9.17, 15) is 26.0 Å². The normalized spacial score (nSPS) is 12.0. The topological polar surface area (TPSA) is 49.4 Å². The molecule has 0 amide bonds. The van der Waals surface area contributed by atoms with Crippen molar-refractivity contribution >= 4 is 15.7 Å². The van der Waals surface area contributed by atoms with Gasteiger partial charge in [-0.2, -0.15) is 13.2 Å². The van der Waals surface area contributed by atoms with E-state index >= 15 is 0 Å². The van der Waals surface area contributed by atoms with Crippen molar-refractivity contribution in [3.05, 3.63) is 95.3 Å². The van der Waals surface area contributed by atoms with Gasteiger partial charge in [-0.15, -0.1) is 0 Å². The van der Waals surface area contributed by atoms with Crippen molar-refractivity contribution in [2.75, 3.05) is 10.8 Å². The van der Waals surface area contributed by atoms with Gasteiger partial charge in [-0.25, -0.2) is 12.8 Å². The Labute approximate surface area is 184 Å². The minimum absolute atomic E-state index is 0.0324. The van der Waals surface area contributed by atoms with Crippen LogP contribution in [-0.4, -0.2) is 15.0 Å². The lowest BCUT2D eigenvalue weighted by Gasteiger charge is -2.24. The Balaban J connectivity index is 1.81. The summed E-state index contributed by atoms with van der Waals surface area (Å²) in [6.45, 7) is 2.28. The van der Waals surface area contributed by atoms with Crippen molar-refractivity contribution < 1.29 is 26.0 Å². The molecule has 32 heavy (non-hydrogen) atoms. The summed E-state index contributed by atoms with van der Waals surface area (Å²) in [6.07, 6.45) is -4.65. The maximum atomic E-state index is 13.7. The van der Waals surface area contributed by atoms with Crippen LogP contribution in [0.4, 0.5) is 23.2 Å². The molecule has 0 radical (unpaired) electrons. The number of alkyl halides is 3. The molecule has 4 nitrogen and oxygen atoms in total. The summed E-state index contributed by atoms with van der Waals surface area (Å²) in [5.74, 6) is -0.321. The van der Waals surface area contributed by atoms with Crippen molar-refractivity contribution in [1.29, 1.82) is 0 Å². The predicted octanol–water partition coefficient (Wildman–Crippen LogP) is 5.35. The van der Waals surface area contributed by atoms with Crippen molar-refractivity contribution in [3.63, 3.8) is 0 Å². The highest BCUT2D eigenvalue weighted by Crippen LogP contribution is 2.32. The highest BCUT2D eigenvalue weighted by molar-refractivity contribution is 7.92. The van der Waals surface area contributed by atoms with Crippen LogP contribution in [0, 0.1) is 5.82 Å². The zero-order valence-corrected chi connectivity index (χ0v) is 18.0. The molecule has 0 saturated carbocycles. The fourth-order valence-corrected chi connectivity index (χ4v) is 4.77. The Morgan fingerprint density at radius 2 is 1.62 bits per heavy atom. The fraction of sp³-hybridized carbons (Fsp3) is 0.217. The number of hydrogen-bond donors (Lipinski definition) is 1. The lowest BCUT2D eigenvalue weighted by atomic mass is 10.1. The van der Waals surface area contributed by atoms with Gasteiger partial charge >= 0.3 is 6.18 Å². The van der Waals surface area contributed by atoms with Gasteiger partial charge in [0.1, 0.15) is 5.82 Å². The number of rotatable bonds is 8. The molecule has 0 aliphatic rings. The molecule has 0 unspecified atom stereocenters. The molecule has 0 fully saturated rings. The lowest BCUT2D eigenvalue weighted by molar-refractivity contribution is -0.137. The first kappa shape index (κ1) is 23.7. The molecule has 0 bridgehead atoms. The van der Waals surface area contributed by atoms with Crippen LogP contribution in [-0.2, 0) is 29.3 Å². The standard InChI is InChI=1S/C23H22F4N2O2S/c1-2-29(32(30,31)21-11-6-9-19(14-21)23(25,26)27)20-10-5-7-17(13-20)15-28-16-18-8-3-4-12-22(18)24/h3-14,28H,2,15-16H2,1H3. The van der Waals surface area contributed by atoms with Gasteiger partial charge in [-0.05, 0) is 48.9 Å². The van der Waals surface area contributed by atoms with Gasteiger partial charge in [0.2, 0.25) is 0 Å². The molecule has 3 rings (SSSR count). The van der Waals surface area contributed by atoms with Crippen molar-refractivity contribution in [3.8, 4) is 0 Å². The third-order valence-corrected chi connectivity index (χ3v) is 6.74. The van der Waals surface area contributed by atoms with E-state index in [4.69, 9.17) is 0 Å². The first-order chi connectivity index (χ1) is 15.1. The van der Waals surface area contributed by atoms with Gasteiger partial charge in [0.25, 0.3) is 10.0 Å². The number of sulfonamides is 1. The third kappa shape index (κ3) is 5.46. The van der Waals surface area contributed by atoms with Crippen molar-refractivity contribution in [2.45, 2.75) is 31.1 Å². The number of benzene rings is 3. The predicted molar refractivity (Wildman–Crippen MR) is 115 cm³/mol. The SMILES string of the molecule is CCN(c1cccc(CNCc2ccccc2F)c1)S(=O)(=O)c1cccc(C(F)(F)F)c1. The van der Waals surface area contributed by atoms with Gasteiger partial charge in [0, 0.05) is 25.2 Å². The zero-order chi connectivity index (χ0) is 23.4. The summed E-state index contributed by atoms with van der Waals surface area (Å²) in [7, 11) is -4.21. The molecular weight excluding hydrogens is 444 g/mol. The van der Waals surface area contributed by atoms with E-state index in [0.29, 0.717) is 23.9 Å². The second-order valence-corrected chi connectivity index (χ2v) is 8.92. The van der Waals surface area contributed by atoms with Crippen LogP contribution >= 0.6 is 0 Å². The van der Waals surface area contributed by atoms with E-state index in [1.54, 1.807) is 49.4 Å². The van der Waals surface area contributed by atoms with E-state index in [1.807, 2.05) is 0 Å². The quantitative estimate of drug-likeness (QED) is 0.456. The van der Waals surface area contributed by atoms with Crippen molar-refractivity contribution in [1.82, 2.24) is 5.32 Å². The van der Waals surface area contributed by atoms with E-state index in [-0.39, 0.29) is 18.9 Å². The van der Waals surface area contributed by atoms with Gasteiger partial charge in [0.05, 0.1) is 16.1 Å². The second-order valence-electron chi connectivity index (χ2n) is 7.06. The smallest absolute Gasteiger partial charge is 0.309 e. The lowest BCUT2D eigenvalue weighted by Crippen LogP contribution is -2.31. The van der Waals surface area contributed by atoms with Crippen LogP contribution in [0.25, 0.3) is 0 Å². The highest BCUT2D eigenvalue weighted by Gasteiger charge is 2.33. The highest BCUT2D eigenvalue weighted by atomic mass is 32.2. The van der Waals surface area contributed by atoms with Gasteiger partial charge < -0.3 is 5.32 Å². The molecule has 0 aliphatic heterocycles. The molecule has 0 aliphatic carbocycles. The summed E-state index contributed by atoms with van der Waals surface area (Å²) < 4.78 is 80.1. The van der Waals surface area contributed by atoms with Crippen LogP contribution in [0.2, 0.25) is 0 Å². The van der Waals surface area contributed by atoms with Gasteiger partial charge in [0.15, 0.2) is 0 Å². The zero-order valence-electron chi connectivity index (χ0n) is 17.2. The number of halogens is 4. The Morgan fingerprint density at radius 1 is 0.906 bits per heavy atom. The molecule has 1 N–H and O–H groups in total. The van der Waals surface area contributed by atoms with E-state index < -0.39 is 26.7 Å². The molecular formula is C23H22F4N2O2S. The Bertz CT molecular complexity index is 1180. The Kier molecular flexibility index (Phi) is 7.20. The molecule has 170 valence electrons. The molecule has 3 aromatic rings. The van der Waals surface area contributed by atoms with Crippen LogP contribution in [0.3, 0.4) is 0 Å². The van der Waals surface area contributed by atoms with E-state index in [0.717, 1.165) is 28.1 Å². The number of nitrogens with zero attached hydrogens (tertiary/aromatic N) is 1. The fourth-order valence-electron chi connectivity index (χ4n) is 3.26. The molecule has 9 heteroatoms. The number of nitrogens with one attached hydrogen (secondary N) is 1. The van der Waals surface area contributed by atoms with E-state index in [2.05, 4.69) is 5.32 Å². The van der Waals surface area contributed by atoms with Gasteiger partial charge in [-0.3, -0.25) is 4.31 Å². The van der Waals surface area contributed by atoms with Crippen LogP contribution in [0.1, 0.15) is 23.6 Å². The molecule has 0 spiro atoms. The first-order valence-corrected chi connectivity index (χ1v) is 11.3. The first-order valence-electron chi connectivity index (χ1n) is 9.86. The molecule has 0 saturated heterocycles. The number of hydrogen-bond acceptors (Lipinski definition) is 3. The maximum Gasteiger partial charge on any atom is 0.416 e. The summed E-state index contributed by atoms with van der Waals surface area (Å²) in [6, 6.07) is 16.7. The Hall–Kier alpha value is -2.91. The maximum absolute atomic E-state index is 13.7. The second kappa shape index (κ2) is 9.70. The molecule has 0 aromatic heterocycles. The summed E-state index contributed by atoms with van der Waals surface area (Å²) in [5, 5.41) is 3.10. The van der Waals surface area contributed by atoms with Crippen LogP contribution < -0.4 is 9.62 Å². The average molecular weight is 467 g/mol. The molecule has 3 aromatic carbocycles. The number of anilines is 1. The molecule has 0 atom stereocenters. The largest absolute Gasteiger partial charge is 0.416 e. The summed E-state index contributed by atoms with van der Waals surface area (Å²) in [4.78, 5) is -0.433. The summed E-state index contributed by atoms with van der Waals surface area (Å²) >= 11 is 0. The average Bonchev–Trinajstić information content (AvgIpc) is 2.75. The van der Waals surface area contributed by atoms with Gasteiger partial charge in [-0.1, -0.05) is 36.4 Å². The van der Waals surface area contributed by atoms with Crippen LogP contribution in [0.5, 0.6) is 0 Å².